The van der Waals surface area contributed by atoms with Crippen LogP contribution in [-0.4, -0.2) is 18.7 Å². The van der Waals surface area contributed by atoms with E-state index in [9.17, 15) is 9.59 Å². The standard InChI is InChI=1S/C6H11NO.C3H6O/c1-4-5(2)6(8)7-3;1-3(2)4/h2,4H2,1,3H3,(H,7,8);1-2H3. The molecule has 0 saturated carbocycles. The Morgan fingerprint density at radius 2 is 1.67 bits per heavy atom. The molecule has 1 amide bonds. The van der Waals surface area contributed by atoms with E-state index in [0.717, 1.165) is 6.42 Å². The van der Waals surface area contributed by atoms with Crippen molar-refractivity contribution in [2.45, 2.75) is 27.2 Å². The summed E-state index contributed by atoms with van der Waals surface area (Å²) in [7, 11) is 1.60. The number of hydrogen-bond acceptors (Lipinski definition) is 2. The summed E-state index contributed by atoms with van der Waals surface area (Å²) in [4.78, 5) is 20.0. The molecule has 70 valence electrons. The van der Waals surface area contributed by atoms with Gasteiger partial charge in [0.2, 0.25) is 5.91 Å². The lowest BCUT2D eigenvalue weighted by Gasteiger charge is -1.96. The van der Waals surface area contributed by atoms with Gasteiger partial charge in [0.15, 0.2) is 0 Å². The van der Waals surface area contributed by atoms with Crippen molar-refractivity contribution < 1.29 is 9.59 Å². The van der Waals surface area contributed by atoms with Gasteiger partial charge in [-0.05, 0) is 20.3 Å². The van der Waals surface area contributed by atoms with Gasteiger partial charge in [-0.2, -0.15) is 0 Å². The van der Waals surface area contributed by atoms with E-state index in [1.807, 2.05) is 6.92 Å². The molecule has 0 spiro atoms. The number of carbonyl (C=O) groups is 2. The minimum absolute atomic E-state index is 0.0625. The molecule has 0 aromatic rings. The second kappa shape index (κ2) is 7.98. The summed E-state index contributed by atoms with van der Waals surface area (Å²) in [6, 6.07) is 0. The first-order chi connectivity index (χ1) is 5.45. The van der Waals surface area contributed by atoms with Gasteiger partial charge in [0.05, 0.1) is 0 Å². The molecule has 0 aliphatic heterocycles. The zero-order chi connectivity index (χ0) is 10.1. The van der Waals surface area contributed by atoms with Gasteiger partial charge in [0.25, 0.3) is 0 Å². The summed E-state index contributed by atoms with van der Waals surface area (Å²) >= 11 is 0. The average Bonchev–Trinajstić information content (AvgIpc) is 2.00. The first kappa shape index (κ1) is 13.5. The van der Waals surface area contributed by atoms with Crippen LogP contribution in [0.15, 0.2) is 12.2 Å². The van der Waals surface area contributed by atoms with Gasteiger partial charge < -0.3 is 10.1 Å². The fourth-order valence-electron chi connectivity index (χ4n) is 0.337. The SMILES string of the molecule is C=C(CC)C(=O)NC.CC(C)=O. The number of hydrogen-bond donors (Lipinski definition) is 1. The summed E-state index contributed by atoms with van der Waals surface area (Å²) in [5.41, 5.74) is 0.632. The molecule has 0 atom stereocenters. The molecule has 0 heterocycles. The number of amides is 1. The molecule has 0 saturated heterocycles. The lowest BCUT2D eigenvalue weighted by Crippen LogP contribution is -2.18. The third kappa shape index (κ3) is 11.6. The summed E-state index contributed by atoms with van der Waals surface area (Å²) < 4.78 is 0. The zero-order valence-electron chi connectivity index (χ0n) is 8.23. The van der Waals surface area contributed by atoms with Crippen LogP contribution < -0.4 is 5.32 Å². The second-order valence-corrected chi connectivity index (χ2v) is 2.44. The van der Waals surface area contributed by atoms with E-state index >= 15 is 0 Å². The number of rotatable bonds is 2. The third-order valence-corrected chi connectivity index (χ3v) is 0.975. The smallest absolute Gasteiger partial charge is 0.246 e. The Morgan fingerprint density at radius 1 is 1.33 bits per heavy atom. The van der Waals surface area contributed by atoms with Crippen molar-refractivity contribution in [2.75, 3.05) is 7.05 Å². The highest BCUT2D eigenvalue weighted by molar-refractivity contribution is 5.92. The summed E-state index contributed by atoms with van der Waals surface area (Å²) in [6.07, 6.45) is 0.722. The summed E-state index contributed by atoms with van der Waals surface area (Å²) in [5, 5.41) is 2.48. The molecule has 0 aromatic carbocycles. The lowest BCUT2D eigenvalue weighted by atomic mass is 10.2. The molecule has 0 aliphatic rings. The van der Waals surface area contributed by atoms with E-state index in [0.29, 0.717) is 5.57 Å². The van der Waals surface area contributed by atoms with Gasteiger partial charge >= 0.3 is 0 Å². The molecule has 0 aromatic heterocycles. The lowest BCUT2D eigenvalue weighted by molar-refractivity contribution is -0.117. The van der Waals surface area contributed by atoms with E-state index in [4.69, 9.17) is 0 Å². The number of nitrogens with one attached hydrogen (secondary N) is 1. The van der Waals surface area contributed by atoms with Crippen molar-refractivity contribution >= 4 is 11.7 Å². The topological polar surface area (TPSA) is 46.2 Å². The Bertz CT molecular complexity index is 155. The van der Waals surface area contributed by atoms with E-state index in [2.05, 4.69) is 11.9 Å². The minimum atomic E-state index is -0.0625. The average molecular weight is 171 g/mol. The molecule has 1 N–H and O–H groups in total. The van der Waals surface area contributed by atoms with Crippen LogP contribution >= 0.6 is 0 Å². The molecule has 0 radical (unpaired) electrons. The fraction of sp³-hybridized carbons (Fsp3) is 0.556. The van der Waals surface area contributed by atoms with Crippen molar-refractivity contribution in [2.24, 2.45) is 0 Å². The second-order valence-electron chi connectivity index (χ2n) is 2.44. The van der Waals surface area contributed by atoms with Gasteiger partial charge in [-0.15, -0.1) is 0 Å². The first-order valence-corrected chi connectivity index (χ1v) is 3.82. The molecular weight excluding hydrogens is 154 g/mol. The Balaban J connectivity index is 0. The maximum Gasteiger partial charge on any atom is 0.246 e. The summed E-state index contributed by atoms with van der Waals surface area (Å²) in [5.74, 6) is 0.104. The highest BCUT2D eigenvalue weighted by atomic mass is 16.1. The third-order valence-electron chi connectivity index (χ3n) is 0.975. The van der Waals surface area contributed by atoms with Crippen molar-refractivity contribution in [3.05, 3.63) is 12.2 Å². The number of carbonyl (C=O) groups excluding carboxylic acids is 2. The van der Waals surface area contributed by atoms with Crippen LogP contribution in [0.3, 0.4) is 0 Å². The molecule has 3 heteroatoms. The minimum Gasteiger partial charge on any atom is -0.355 e. The molecule has 0 fully saturated rings. The van der Waals surface area contributed by atoms with Crippen LogP contribution in [0.2, 0.25) is 0 Å². The molecule has 0 aliphatic carbocycles. The Kier molecular flexibility index (Phi) is 8.96. The summed E-state index contributed by atoms with van der Waals surface area (Å²) in [6.45, 7) is 8.49. The van der Waals surface area contributed by atoms with Crippen LogP contribution in [0.1, 0.15) is 27.2 Å². The molecule has 0 bridgehead atoms. The maximum absolute atomic E-state index is 10.5. The molecule has 0 rings (SSSR count). The van der Waals surface area contributed by atoms with Crippen LogP contribution in [0.25, 0.3) is 0 Å². The highest BCUT2D eigenvalue weighted by Crippen LogP contribution is 1.93. The van der Waals surface area contributed by atoms with Gasteiger partial charge in [-0.3, -0.25) is 4.79 Å². The van der Waals surface area contributed by atoms with E-state index in [-0.39, 0.29) is 11.7 Å². The molecule has 3 nitrogen and oxygen atoms in total. The van der Waals surface area contributed by atoms with E-state index < -0.39 is 0 Å². The van der Waals surface area contributed by atoms with Gasteiger partial charge in [-0.1, -0.05) is 13.5 Å². The molecule has 0 unspecified atom stereocenters. The van der Waals surface area contributed by atoms with Crippen molar-refractivity contribution in [3.63, 3.8) is 0 Å². The van der Waals surface area contributed by atoms with Gasteiger partial charge in [-0.25, -0.2) is 0 Å². The molecular formula is C9H17NO2. The van der Waals surface area contributed by atoms with Crippen LogP contribution in [-0.2, 0) is 9.59 Å². The predicted molar refractivity (Wildman–Crippen MR) is 49.9 cm³/mol. The van der Waals surface area contributed by atoms with Gasteiger partial charge in [0.1, 0.15) is 5.78 Å². The van der Waals surface area contributed by atoms with Gasteiger partial charge in [0, 0.05) is 12.6 Å². The highest BCUT2D eigenvalue weighted by Gasteiger charge is 1.97. The quantitative estimate of drug-likeness (QED) is 0.636. The largest absolute Gasteiger partial charge is 0.355 e. The predicted octanol–water partition coefficient (Wildman–Crippen LogP) is 1.29. The molecule has 12 heavy (non-hydrogen) atoms. The van der Waals surface area contributed by atoms with Crippen LogP contribution in [0, 0.1) is 0 Å². The normalized spacial score (nSPS) is 7.67. The van der Waals surface area contributed by atoms with E-state index in [1.165, 1.54) is 13.8 Å². The zero-order valence-corrected chi connectivity index (χ0v) is 8.23. The van der Waals surface area contributed by atoms with Crippen LogP contribution in [0.4, 0.5) is 0 Å². The number of Topliss-reactive ketones (excluding diaryl/α,β-unsaturated/α-hetero) is 1. The number of ketones is 1. The van der Waals surface area contributed by atoms with Crippen LogP contribution in [0.5, 0.6) is 0 Å². The maximum atomic E-state index is 10.5. The fourth-order valence-corrected chi connectivity index (χ4v) is 0.337. The number of likely N-dealkylation sites (N-methyl/N-ethyl adjacent to an activating group) is 1. The van der Waals surface area contributed by atoms with Crippen molar-refractivity contribution in [3.8, 4) is 0 Å². The van der Waals surface area contributed by atoms with Crippen molar-refractivity contribution in [1.82, 2.24) is 5.32 Å². The van der Waals surface area contributed by atoms with Crippen molar-refractivity contribution in [1.29, 1.82) is 0 Å². The Hall–Kier alpha value is -1.12. The van der Waals surface area contributed by atoms with E-state index in [1.54, 1.807) is 7.05 Å². The first-order valence-electron chi connectivity index (χ1n) is 3.82. The monoisotopic (exact) mass is 171 g/mol. The Labute approximate surface area is 73.8 Å². The Morgan fingerprint density at radius 3 is 1.75 bits per heavy atom.